The van der Waals surface area contributed by atoms with Gasteiger partial charge in [-0.3, -0.25) is 4.90 Å². The Bertz CT molecular complexity index is 186. The lowest BCUT2D eigenvalue weighted by molar-refractivity contribution is 0.145. The zero-order chi connectivity index (χ0) is 9.97. The van der Waals surface area contributed by atoms with E-state index >= 15 is 0 Å². The number of ether oxygens (including phenoxy) is 1. The average molecular weight is 198 g/mol. The third-order valence-corrected chi connectivity index (χ3v) is 3.72. The number of methoxy groups -OCH3 is 1. The molecule has 0 bridgehead atoms. The van der Waals surface area contributed by atoms with Gasteiger partial charge in [0.15, 0.2) is 0 Å². The van der Waals surface area contributed by atoms with Gasteiger partial charge in [-0.15, -0.1) is 0 Å². The minimum atomic E-state index is 0.427. The normalized spacial score (nSPS) is 39.4. The first-order valence-electron chi connectivity index (χ1n) is 5.80. The molecule has 0 radical (unpaired) electrons. The lowest BCUT2D eigenvalue weighted by Gasteiger charge is -2.27. The van der Waals surface area contributed by atoms with Crippen molar-refractivity contribution in [3.63, 3.8) is 0 Å². The van der Waals surface area contributed by atoms with Gasteiger partial charge < -0.3 is 10.5 Å². The molecule has 1 saturated heterocycles. The Balaban J connectivity index is 1.82. The number of hydrogen-bond acceptors (Lipinski definition) is 3. The van der Waals surface area contributed by atoms with E-state index in [4.69, 9.17) is 10.5 Å². The molecule has 0 amide bonds. The predicted octanol–water partition coefficient (Wildman–Crippen LogP) is 0.835. The minimum Gasteiger partial charge on any atom is -0.384 e. The summed E-state index contributed by atoms with van der Waals surface area (Å²) >= 11 is 0. The molecule has 1 aliphatic carbocycles. The Kier molecular flexibility index (Phi) is 3.42. The van der Waals surface area contributed by atoms with Crippen LogP contribution in [0.5, 0.6) is 0 Å². The summed E-state index contributed by atoms with van der Waals surface area (Å²) in [6.07, 6.45) is 5.13. The summed E-state index contributed by atoms with van der Waals surface area (Å²) in [7, 11) is 1.80. The minimum absolute atomic E-state index is 0.427. The van der Waals surface area contributed by atoms with E-state index in [-0.39, 0.29) is 0 Å². The Labute approximate surface area is 86.6 Å². The molecule has 1 heterocycles. The van der Waals surface area contributed by atoms with Gasteiger partial charge in [-0.2, -0.15) is 0 Å². The standard InChI is InChI=1S/C11H22N2O/c1-14-8-9-5-6-13(7-9)11-4-2-3-10(11)12/h9-11H,2-8,12H2,1H3. The van der Waals surface area contributed by atoms with Crippen molar-refractivity contribution in [2.75, 3.05) is 26.8 Å². The van der Waals surface area contributed by atoms with Gasteiger partial charge in [-0.25, -0.2) is 0 Å². The van der Waals surface area contributed by atoms with E-state index in [1.165, 1.54) is 38.8 Å². The first-order chi connectivity index (χ1) is 6.81. The fraction of sp³-hybridized carbons (Fsp3) is 1.00. The molecule has 82 valence electrons. The van der Waals surface area contributed by atoms with Crippen LogP contribution in [0.1, 0.15) is 25.7 Å². The van der Waals surface area contributed by atoms with Gasteiger partial charge in [0, 0.05) is 25.7 Å². The van der Waals surface area contributed by atoms with Crippen LogP contribution in [0.25, 0.3) is 0 Å². The Morgan fingerprint density at radius 2 is 2.21 bits per heavy atom. The highest BCUT2D eigenvalue weighted by Gasteiger charge is 2.33. The smallest absolute Gasteiger partial charge is 0.0503 e. The monoisotopic (exact) mass is 198 g/mol. The number of rotatable bonds is 3. The van der Waals surface area contributed by atoms with Gasteiger partial charge in [0.2, 0.25) is 0 Å². The molecule has 0 spiro atoms. The van der Waals surface area contributed by atoms with Crippen LogP contribution in [0.2, 0.25) is 0 Å². The molecular formula is C11H22N2O. The summed E-state index contributed by atoms with van der Waals surface area (Å²) in [5.74, 6) is 0.743. The van der Waals surface area contributed by atoms with Crippen molar-refractivity contribution in [1.82, 2.24) is 4.90 Å². The lowest BCUT2D eigenvalue weighted by atomic mass is 10.1. The maximum absolute atomic E-state index is 6.11. The third kappa shape index (κ3) is 2.10. The summed E-state index contributed by atoms with van der Waals surface area (Å²) in [5.41, 5.74) is 6.11. The maximum Gasteiger partial charge on any atom is 0.0503 e. The topological polar surface area (TPSA) is 38.5 Å². The molecule has 0 aromatic heterocycles. The second-order valence-corrected chi connectivity index (χ2v) is 4.77. The van der Waals surface area contributed by atoms with Crippen molar-refractivity contribution < 1.29 is 4.74 Å². The largest absolute Gasteiger partial charge is 0.384 e. The summed E-state index contributed by atoms with van der Waals surface area (Å²) in [5, 5.41) is 0. The molecule has 2 N–H and O–H groups in total. The van der Waals surface area contributed by atoms with Crippen molar-refractivity contribution in [2.45, 2.75) is 37.8 Å². The van der Waals surface area contributed by atoms with Gasteiger partial charge in [0.05, 0.1) is 6.61 Å². The van der Waals surface area contributed by atoms with E-state index in [1.54, 1.807) is 7.11 Å². The van der Waals surface area contributed by atoms with E-state index in [2.05, 4.69) is 4.90 Å². The van der Waals surface area contributed by atoms with Gasteiger partial charge in [0.1, 0.15) is 0 Å². The molecule has 2 fully saturated rings. The van der Waals surface area contributed by atoms with Crippen molar-refractivity contribution >= 4 is 0 Å². The van der Waals surface area contributed by atoms with Crippen molar-refractivity contribution in [3.05, 3.63) is 0 Å². The van der Waals surface area contributed by atoms with E-state index in [0.717, 1.165) is 12.5 Å². The van der Waals surface area contributed by atoms with Gasteiger partial charge in [-0.05, 0) is 31.7 Å². The Hall–Kier alpha value is -0.120. The Morgan fingerprint density at radius 1 is 1.36 bits per heavy atom. The molecular weight excluding hydrogens is 176 g/mol. The fourth-order valence-electron chi connectivity index (χ4n) is 2.96. The second kappa shape index (κ2) is 4.60. The molecule has 14 heavy (non-hydrogen) atoms. The van der Waals surface area contributed by atoms with Crippen molar-refractivity contribution in [2.24, 2.45) is 11.7 Å². The molecule has 3 unspecified atom stereocenters. The van der Waals surface area contributed by atoms with E-state index in [0.29, 0.717) is 12.1 Å². The first kappa shape index (κ1) is 10.4. The molecule has 0 aromatic rings. The quantitative estimate of drug-likeness (QED) is 0.730. The summed E-state index contributed by atoms with van der Waals surface area (Å²) in [6, 6.07) is 1.09. The third-order valence-electron chi connectivity index (χ3n) is 3.72. The zero-order valence-electron chi connectivity index (χ0n) is 9.11. The highest BCUT2D eigenvalue weighted by Crippen LogP contribution is 2.27. The van der Waals surface area contributed by atoms with Crippen molar-refractivity contribution in [1.29, 1.82) is 0 Å². The molecule has 2 rings (SSSR count). The van der Waals surface area contributed by atoms with Crippen LogP contribution < -0.4 is 5.73 Å². The van der Waals surface area contributed by atoms with Crippen molar-refractivity contribution in [3.8, 4) is 0 Å². The summed E-state index contributed by atoms with van der Waals surface area (Å²) in [4.78, 5) is 2.58. The van der Waals surface area contributed by atoms with Crippen LogP contribution in [0.4, 0.5) is 0 Å². The SMILES string of the molecule is COCC1CCN(C2CCCC2N)C1. The molecule has 0 aromatic carbocycles. The molecule has 3 nitrogen and oxygen atoms in total. The van der Waals surface area contributed by atoms with Crippen LogP contribution >= 0.6 is 0 Å². The fourth-order valence-corrected chi connectivity index (χ4v) is 2.96. The number of nitrogens with zero attached hydrogens (tertiary/aromatic N) is 1. The van der Waals surface area contributed by atoms with E-state index in [9.17, 15) is 0 Å². The summed E-state index contributed by atoms with van der Waals surface area (Å²) in [6.45, 7) is 3.34. The summed E-state index contributed by atoms with van der Waals surface area (Å²) < 4.78 is 5.21. The van der Waals surface area contributed by atoms with Gasteiger partial charge in [0.25, 0.3) is 0 Å². The second-order valence-electron chi connectivity index (χ2n) is 4.77. The number of nitrogens with two attached hydrogens (primary N) is 1. The number of likely N-dealkylation sites (tertiary alicyclic amines) is 1. The highest BCUT2D eigenvalue weighted by molar-refractivity contribution is 4.91. The van der Waals surface area contributed by atoms with Gasteiger partial charge >= 0.3 is 0 Å². The van der Waals surface area contributed by atoms with Crippen LogP contribution in [0, 0.1) is 5.92 Å². The molecule has 2 aliphatic rings. The first-order valence-corrected chi connectivity index (χ1v) is 5.80. The lowest BCUT2D eigenvalue weighted by Crippen LogP contribution is -2.43. The predicted molar refractivity (Wildman–Crippen MR) is 57.2 cm³/mol. The highest BCUT2D eigenvalue weighted by atomic mass is 16.5. The van der Waals surface area contributed by atoms with Crippen LogP contribution in [0.3, 0.4) is 0 Å². The zero-order valence-corrected chi connectivity index (χ0v) is 9.11. The molecule has 3 heteroatoms. The van der Waals surface area contributed by atoms with Crippen LogP contribution in [-0.2, 0) is 4.74 Å². The van der Waals surface area contributed by atoms with Crippen LogP contribution in [0.15, 0.2) is 0 Å². The van der Waals surface area contributed by atoms with Crippen LogP contribution in [-0.4, -0.2) is 43.8 Å². The molecule has 3 atom stereocenters. The van der Waals surface area contributed by atoms with E-state index < -0.39 is 0 Å². The molecule has 1 aliphatic heterocycles. The Morgan fingerprint density at radius 3 is 2.86 bits per heavy atom. The average Bonchev–Trinajstić information content (AvgIpc) is 2.74. The maximum atomic E-state index is 6.11. The van der Waals surface area contributed by atoms with Gasteiger partial charge in [-0.1, -0.05) is 6.42 Å². The van der Waals surface area contributed by atoms with E-state index in [1.807, 2.05) is 0 Å². The molecule has 1 saturated carbocycles. The number of hydrogen-bond donors (Lipinski definition) is 1.